The number of rotatable bonds is 20. The van der Waals surface area contributed by atoms with Gasteiger partial charge in [0.15, 0.2) is 42.9 Å². The molecule has 0 bridgehead atoms. The smallest absolute Gasteiger partial charge is 0.272 e. The molecule has 0 radical (unpaired) electrons. The maximum absolute atomic E-state index is 12.5. The van der Waals surface area contributed by atoms with Crippen LogP contribution in [0, 0.1) is 0 Å². The van der Waals surface area contributed by atoms with Gasteiger partial charge in [0, 0.05) is 0 Å². The topological polar surface area (TPSA) is 778 Å². The number of nitrogens with two attached hydrogens (primary N) is 1. The quantitative estimate of drug-likeness (QED) is 0.0547. The molecule has 0 spiro atoms. The van der Waals surface area contributed by atoms with Crippen LogP contribution in [0.1, 0.15) is 6.23 Å². The molecule has 0 aliphatic carbocycles. The van der Waals surface area contributed by atoms with Crippen molar-refractivity contribution in [3.8, 4) is 0 Å². The normalized spacial score (nSPS) is 42.5. The lowest BCUT2D eigenvalue weighted by molar-refractivity contribution is -0.383. The van der Waals surface area contributed by atoms with E-state index in [0.29, 0.717) is 0 Å². The number of aliphatic hydroxyl groups excluding tert-OH is 22. The van der Waals surface area contributed by atoms with Crippen LogP contribution in [0.25, 0.3) is 11.2 Å². The lowest BCUT2D eigenvalue weighted by Crippen LogP contribution is -2.62. The van der Waals surface area contributed by atoms with E-state index in [1.165, 1.54) is 10.9 Å². The Labute approximate surface area is 536 Å². The Morgan fingerprint density at radius 1 is 0.516 bits per heavy atom. The predicted molar refractivity (Wildman–Crippen MR) is 289 cm³/mol. The summed E-state index contributed by atoms with van der Waals surface area (Å²) in [5.41, 5.74) is 6.07. The van der Waals surface area contributed by atoms with Crippen LogP contribution in [-0.2, 0) is 95.5 Å². The molecular formula is C40H68N5O41P4S3-5. The Kier molecular flexibility index (Phi) is 30.7. The maximum atomic E-state index is 12.5. The average molecular weight is 1500 g/mol. The van der Waals surface area contributed by atoms with Crippen LogP contribution in [0.4, 0.5) is 5.82 Å². The summed E-state index contributed by atoms with van der Waals surface area (Å²) < 4.78 is 71.0. The molecule has 46 nitrogen and oxygen atoms in total. The van der Waals surface area contributed by atoms with Gasteiger partial charge in [-0.2, -0.15) is 0 Å². The highest BCUT2D eigenvalue weighted by Gasteiger charge is 2.59. The Morgan fingerprint density at radius 3 is 1.33 bits per heavy atom. The second-order valence-electron chi connectivity index (χ2n) is 20.3. The third kappa shape index (κ3) is 20.8. The zero-order valence-corrected chi connectivity index (χ0v) is 52.7. The first-order valence-electron chi connectivity index (χ1n) is 26.3. The van der Waals surface area contributed by atoms with Gasteiger partial charge >= 0.3 is 0 Å². The van der Waals surface area contributed by atoms with E-state index in [4.69, 9.17) is 68.7 Å². The van der Waals surface area contributed by atoms with Gasteiger partial charge in [0.1, 0.15) is 166 Å². The molecule has 19 unspecified atom stereocenters. The molecule has 8 heterocycles. The van der Waals surface area contributed by atoms with Crippen LogP contribution in [0.15, 0.2) is 12.7 Å². The SMILES string of the molecule is Nc1ncnc2c1ncn2[C@@H]1OC(COP(=O)([O-])OP([O-])(=S)O[C@@H]2OC(CO)C(O)C(O)C2O)[C@@H](O)[C@H]1O.OCC1O[C@H](O[C@]2(CO)O[C@H](CO)[C@@H](O)[C@@H]2O)C(O)C(O)[C@@H]1O.[O-]P(O)(=S)O[C@@H]1OC(CO)C(O)C(O)C1O.[O-]P([O-])(=S)O[C@@H]1OC(CO)C(O)C(O)C1O. The molecule has 93 heavy (non-hydrogen) atoms. The van der Waals surface area contributed by atoms with Gasteiger partial charge in [-0.25, -0.2) is 15.0 Å². The van der Waals surface area contributed by atoms with Gasteiger partial charge in [-0.05, 0) is 0 Å². The fourth-order valence-corrected chi connectivity index (χ4v) is 13.4. The fourth-order valence-electron chi connectivity index (χ4n) is 8.96. The monoisotopic (exact) mass is 1490 g/mol. The molecule has 31 atom stereocenters. The number of nitrogen functional groups attached to an aromatic ring is 1. The number of hydrogen-bond acceptors (Lipinski definition) is 47. The number of phosphoric ester groups is 1. The molecule has 0 amide bonds. The number of phosphoric acid groups is 1. The van der Waals surface area contributed by atoms with Crippen molar-refractivity contribution < 1.29 is 202 Å². The highest BCUT2D eigenvalue weighted by Crippen LogP contribution is 2.57. The predicted octanol–water partition coefficient (Wildman–Crippen LogP) is -18.3. The van der Waals surface area contributed by atoms with E-state index in [2.05, 4.69) is 68.3 Å². The van der Waals surface area contributed by atoms with Crippen molar-refractivity contribution in [2.24, 2.45) is 0 Å². The van der Waals surface area contributed by atoms with E-state index in [1.54, 1.807) is 0 Å². The average Bonchev–Trinajstić information content (AvgIpc) is 1.70. The number of hydrogen-bond donors (Lipinski definition) is 24. The maximum Gasteiger partial charge on any atom is 0.272 e. The van der Waals surface area contributed by atoms with Gasteiger partial charge < -0.3 is 199 Å². The lowest BCUT2D eigenvalue weighted by atomic mass is 9.99. The molecular weight excluding hydrogens is 1430 g/mol. The molecule has 6 aliphatic rings. The first kappa shape index (κ1) is 82.6. The van der Waals surface area contributed by atoms with Crippen LogP contribution in [0.3, 0.4) is 0 Å². The number of anilines is 1. The van der Waals surface area contributed by atoms with Crippen LogP contribution >= 0.6 is 28.0 Å². The van der Waals surface area contributed by atoms with Gasteiger partial charge in [-0.1, -0.05) is 30.3 Å². The highest BCUT2D eigenvalue weighted by molar-refractivity contribution is 8.07. The molecule has 6 fully saturated rings. The van der Waals surface area contributed by atoms with Gasteiger partial charge in [-0.3, -0.25) is 13.4 Å². The molecule has 2 aromatic rings. The molecule has 0 aromatic carbocycles. The summed E-state index contributed by atoms with van der Waals surface area (Å²) in [6.45, 7) is -19.4. The van der Waals surface area contributed by atoms with Gasteiger partial charge in [0.05, 0.1) is 46.0 Å². The minimum Gasteiger partial charge on any atom is -0.812 e. The third-order valence-electron chi connectivity index (χ3n) is 13.9. The Hall–Kier alpha value is -1.07. The number of fused-ring (bicyclic) bond motifs is 1. The van der Waals surface area contributed by atoms with E-state index < -0.39 is 246 Å². The molecule has 2 aromatic heterocycles. The first-order valence-corrected chi connectivity index (χ1v) is 35.4. The highest BCUT2D eigenvalue weighted by atomic mass is 32.5. The van der Waals surface area contributed by atoms with Crippen molar-refractivity contribution in [3.63, 3.8) is 0 Å². The van der Waals surface area contributed by atoms with Crippen LogP contribution < -0.4 is 30.2 Å². The van der Waals surface area contributed by atoms with Crippen LogP contribution in [-0.4, -0.2) is 348 Å². The summed E-state index contributed by atoms with van der Waals surface area (Å²) in [6, 6.07) is 0. The number of aliphatic hydroxyl groups is 22. The zero-order valence-electron chi connectivity index (χ0n) is 46.7. The molecule has 53 heteroatoms. The number of ether oxygens (including phenoxy) is 7. The van der Waals surface area contributed by atoms with Crippen LogP contribution in [0.5, 0.6) is 0 Å². The molecule has 0 saturated carbocycles. The van der Waals surface area contributed by atoms with Crippen molar-refractivity contribution in [1.29, 1.82) is 0 Å². The van der Waals surface area contributed by atoms with Gasteiger partial charge in [0.2, 0.25) is 5.79 Å². The van der Waals surface area contributed by atoms with Crippen molar-refractivity contribution in [3.05, 3.63) is 12.7 Å². The van der Waals surface area contributed by atoms with E-state index >= 15 is 0 Å². The molecule has 542 valence electrons. The van der Waals surface area contributed by atoms with E-state index in [1.807, 2.05) is 0 Å². The zero-order chi connectivity index (χ0) is 70.4. The van der Waals surface area contributed by atoms with Crippen LogP contribution in [0.2, 0.25) is 0 Å². The van der Waals surface area contributed by atoms with Crippen molar-refractivity contribution in [2.75, 3.05) is 52.0 Å². The summed E-state index contributed by atoms with van der Waals surface area (Å²) in [7, 11) is -5.55. The lowest BCUT2D eigenvalue weighted by Gasteiger charge is -2.45. The van der Waals surface area contributed by atoms with E-state index in [-0.39, 0.29) is 17.0 Å². The molecule has 6 aliphatic heterocycles. The number of imidazole rings is 1. The minimum absolute atomic E-state index is 0.0467. The second-order valence-corrected chi connectivity index (χ2v) is 29.5. The largest absolute Gasteiger partial charge is 0.812 e. The third-order valence-corrected chi connectivity index (χ3v) is 18.8. The van der Waals surface area contributed by atoms with Crippen molar-refractivity contribution >= 4 is 80.4 Å². The fraction of sp³-hybridized carbons (Fsp3) is 0.875. The Balaban J connectivity index is 0.000000243. The second kappa shape index (κ2) is 34.5. The van der Waals surface area contributed by atoms with E-state index in [0.717, 1.165) is 6.33 Å². The summed E-state index contributed by atoms with van der Waals surface area (Å²) in [5, 5.41) is 210. The molecule has 25 N–H and O–H groups in total. The van der Waals surface area contributed by atoms with E-state index in [9.17, 15) is 121 Å². The Morgan fingerprint density at radius 2 is 0.925 bits per heavy atom. The van der Waals surface area contributed by atoms with Gasteiger partial charge in [0.25, 0.3) is 7.82 Å². The number of nitrogens with zero attached hydrogens (tertiary/aromatic N) is 4. The number of aromatic nitrogens is 4. The van der Waals surface area contributed by atoms with Crippen molar-refractivity contribution in [1.82, 2.24) is 19.5 Å². The van der Waals surface area contributed by atoms with Gasteiger partial charge in [-0.15, -0.1) is 11.8 Å². The standard InChI is InChI=1S/C16H25N5O14P2S.C12H22O11.2C6H13O8PS/c17-13-7-14(19-3-18-13)21(4-20-7)15-11(26)9(24)6(32-15)2-31-36(28,29)35-37(30,38)34-16-12(27)10(25)8(23)5(1-22)33-16;13-1-4-6(16)8(18)9(19)11(21-4)23-12(3-15)10(20)7(17)5(2-14)22-12;2*7-1-2-3(8)4(9)5(10)6(13-2)14-15(11,12)16/h3-6,8-12,15-16,22-27H,1-2H2,(H,28,29)(H,30,38)(H2,17,18,19);4-11,13-20H,1-3H2;2*2-10H,1H2,(H2,11,12,16)/p-5/t5?,6?,8?,9-,10?,11-,12?,15-,16+,37?;4?,5-,6-,7-,8?,9?,10+,11-,12+;2*2?,3?,4?,5?,6-/m1100/s1. The summed E-state index contributed by atoms with van der Waals surface area (Å²) in [6.07, 6.45) is -41.4. The summed E-state index contributed by atoms with van der Waals surface area (Å²) in [4.78, 5) is 77.3. The molecule has 8 rings (SSSR count). The Bertz CT molecular complexity index is 2810. The summed E-state index contributed by atoms with van der Waals surface area (Å²) >= 11 is 12.5. The summed E-state index contributed by atoms with van der Waals surface area (Å²) in [5.74, 6) is -2.18. The minimum atomic E-state index is -5.55. The van der Waals surface area contributed by atoms with Crippen molar-refractivity contribution in [2.45, 2.75) is 171 Å². The first-order chi connectivity index (χ1) is 43.1. The molecule has 6 saturated heterocycles.